The van der Waals surface area contributed by atoms with Gasteiger partial charge in [-0.05, 0) is 18.1 Å². The second kappa shape index (κ2) is 5.88. The molecule has 17 heavy (non-hydrogen) atoms. The summed E-state index contributed by atoms with van der Waals surface area (Å²) < 4.78 is 28.0. The summed E-state index contributed by atoms with van der Waals surface area (Å²) in [5.74, 6) is -0.486. The first-order chi connectivity index (χ1) is 8.04. The highest BCUT2D eigenvalue weighted by Crippen LogP contribution is 2.29. The van der Waals surface area contributed by atoms with Crippen LogP contribution in [-0.2, 0) is 11.2 Å². The van der Waals surface area contributed by atoms with Crippen LogP contribution in [0.15, 0.2) is 18.2 Å². The Bertz CT molecular complexity index is 423. The van der Waals surface area contributed by atoms with Gasteiger partial charge in [0.2, 0.25) is 5.75 Å². The van der Waals surface area contributed by atoms with Gasteiger partial charge in [-0.3, -0.25) is 10.1 Å². The fourth-order valence-corrected chi connectivity index (χ4v) is 1.28. The van der Waals surface area contributed by atoms with Crippen LogP contribution in [0.3, 0.4) is 0 Å². The summed E-state index contributed by atoms with van der Waals surface area (Å²) >= 11 is 0. The van der Waals surface area contributed by atoms with Crippen LogP contribution in [0.5, 0.6) is 5.75 Å². The number of carbonyl (C=O) groups excluding carboxylic acids is 1. The topological polar surface area (TPSA) is 69.4 Å². The van der Waals surface area contributed by atoms with Crippen LogP contribution in [0.1, 0.15) is 12.0 Å². The molecule has 0 atom stereocenters. The summed E-state index contributed by atoms with van der Waals surface area (Å²) in [6.07, 6.45) is 1.21. The summed E-state index contributed by atoms with van der Waals surface area (Å²) in [6, 6.07) is 3.64. The van der Waals surface area contributed by atoms with Gasteiger partial charge in [0.1, 0.15) is 6.29 Å². The average molecular weight is 245 g/mol. The normalized spacial score (nSPS) is 10.3. The molecule has 0 N–H and O–H groups in total. The highest BCUT2D eigenvalue weighted by molar-refractivity contribution is 5.52. The minimum Gasteiger partial charge on any atom is -0.427 e. The Morgan fingerprint density at radius 3 is 2.71 bits per heavy atom. The van der Waals surface area contributed by atoms with E-state index in [4.69, 9.17) is 0 Å². The monoisotopic (exact) mass is 245 g/mol. The molecule has 0 fully saturated rings. The summed E-state index contributed by atoms with van der Waals surface area (Å²) in [6.45, 7) is -3.12. The number of carbonyl (C=O) groups is 1. The Hall–Kier alpha value is -2.05. The third-order valence-corrected chi connectivity index (χ3v) is 1.99. The standard InChI is InChI=1S/C10H9F2NO4/c11-10(12)17-9-4-3-7(2-1-5-14)6-8(9)13(15)16/h3-6,10H,1-2H2. The first kappa shape index (κ1) is 13.0. The fourth-order valence-electron chi connectivity index (χ4n) is 1.28. The molecule has 0 unspecified atom stereocenters. The Balaban J connectivity index is 2.99. The fraction of sp³-hybridized carbons (Fsp3) is 0.300. The van der Waals surface area contributed by atoms with Gasteiger partial charge in [-0.1, -0.05) is 6.07 Å². The van der Waals surface area contributed by atoms with Crippen LogP contribution < -0.4 is 4.74 Å². The lowest BCUT2D eigenvalue weighted by Gasteiger charge is -2.06. The summed E-state index contributed by atoms with van der Waals surface area (Å²) in [5, 5.41) is 10.6. The molecule has 0 spiro atoms. The Labute approximate surface area is 95.2 Å². The minimum atomic E-state index is -3.12. The summed E-state index contributed by atoms with van der Waals surface area (Å²) in [4.78, 5) is 20.0. The Morgan fingerprint density at radius 1 is 1.47 bits per heavy atom. The SMILES string of the molecule is O=CCCc1ccc(OC(F)F)c([N+](=O)[O-])c1. The van der Waals surface area contributed by atoms with Crippen molar-refractivity contribution in [2.24, 2.45) is 0 Å². The van der Waals surface area contributed by atoms with Gasteiger partial charge in [0, 0.05) is 12.5 Å². The number of benzene rings is 1. The maximum Gasteiger partial charge on any atom is 0.387 e. The molecule has 0 saturated heterocycles. The van der Waals surface area contributed by atoms with Gasteiger partial charge >= 0.3 is 12.3 Å². The van der Waals surface area contributed by atoms with E-state index in [2.05, 4.69) is 4.74 Å². The lowest BCUT2D eigenvalue weighted by atomic mass is 10.1. The third-order valence-electron chi connectivity index (χ3n) is 1.99. The van der Waals surface area contributed by atoms with E-state index in [1.165, 1.54) is 6.07 Å². The number of hydrogen-bond donors (Lipinski definition) is 0. The van der Waals surface area contributed by atoms with E-state index in [0.717, 1.165) is 12.1 Å². The largest absolute Gasteiger partial charge is 0.427 e. The van der Waals surface area contributed by atoms with Crippen molar-refractivity contribution < 1.29 is 23.2 Å². The van der Waals surface area contributed by atoms with E-state index >= 15 is 0 Å². The molecule has 0 aliphatic carbocycles. The number of aryl methyl sites for hydroxylation is 1. The number of aldehydes is 1. The third kappa shape index (κ3) is 3.78. The van der Waals surface area contributed by atoms with Gasteiger partial charge in [0.05, 0.1) is 4.92 Å². The molecule has 92 valence electrons. The molecular formula is C10H9F2NO4. The molecule has 1 rings (SSSR count). The summed E-state index contributed by atoms with van der Waals surface area (Å²) in [7, 11) is 0. The molecule has 0 aliphatic heterocycles. The maximum absolute atomic E-state index is 12.0. The Kier molecular flexibility index (Phi) is 4.50. The predicted octanol–water partition coefficient (Wildman–Crippen LogP) is 2.33. The molecule has 5 nitrogen and oxygen atoms in total. The predicted molar refractivity (Wildman–Crippen MR) is 54.1 cm³/mol. The molecule has 0 amide bonds. The van der Waals surface area contributed by atoms with Gasteiger partial charge < -0.3 is 9.53 Å². The second-order valence-corrected chi connectivity index (χ2v) is 3.14. The van der Waals surface area contributed by atoms with Crippen LogP contribution >= 0.6 is 0 Å². The molecule has 0 radical (unpaired) electrons. The van der Waals surface area contributed by atoms with E-state index in [1.807, 2.05) is 0 Å². The number of alkyl halides is 2. The van der Waals surface area contributed by atoms with Crippen LogP contribution in [0, 0.1) is 10.1 Å². The molecular weight excluding hydrogens is 236 g/mol. The van der Waals surface area contributed by atoms with Crippen LogP contribution in [-0.4, -0.2) is 17.8 Å². The molecule has 0 saturated carbocycles. The number of halogens is 2. The van der Waals surface area contributed by atoms with Gasteiger partial charge in [-0.15, -0.1) is 0 Å². The van der Waals surface area contributed by atoms with Crippen molar-refractivity contribution in [2.75, 3.05) is 0 Å². The molecule has 0 aromatic heterocycles. The van der Waals surface area contributed by atoms with Gasteiger partial charge in [0.25, 0.3) is 0 Å². The molecule has 1 aromatic rings. The van der Waals surface area contributed by atoms with Crippen LogP contribution in [0.25, 0.3) is 0 Å². The van der Waals surface area contributed by atoms with Gasteiger partial charge in [-0.2, -0.15) is 8.78 Å². The molecule has 1 aromatic carbocycles. The highest BCUT2D eigenvalue weighted by atomic mass is 19.3. The van der Waals surface area contributed by atoms with Gasteiger partial charge in [-0.25, -0.2) is 0 Å². The average Bonchev–Trinajstić information content (AvgIpc) is 2.26. The number of rotatable bonds is 6. The molecule has 0 bridgehead atoms. The quantitative estimate of drug-likeness (QED) is 0.438. The summed E-state index contributed by atoms with van der Waals surface area (Å²) in [5.41, 5.74) is -0.0147. The Morgan fingerprint density at radius 2 is 2.18 bits per heavy atom. The zero-order chi connectivity index (χ0) is 12.8. The van der Waals surface area contributed by atoms with E-state index in [1.54, 1.807) is 0 Å². The van der Waals surface area contributed by atoms with E-state index < -0.39 is 23.0 Å². The number of nitrogens with zero attached hydrogens (tertiary/aromatic N) is 1. The second-order valence-electron chi connectivity index (χ2n) is 3.14. The van der Waals surface area contributed by atoms with Crippen molar-refractivity contribution in [1.29, 1.82) is 0 Å². The lowest BCUT2D eigenvalue weighted by Crippen LogP contribution is -2.05. The number of ether oxygens (including phenoxy) is 1. The highest BCUT2D eigenvalue weighted by Gasteiger charge is 2.18. The van der Waals surface area contributed by atoms with Crippen molar-refractivity contribution in [1.82, 2.24) is 0 Å². The van der Waals surface area contributed by atoms with Gasteiger partial charge in [0.15, 0.2) is 0 Å². The van der Waals surface area contributed by atoms with E-state index in [0.29, 0.717) is 18.3 Å². The lowest BCUT2D eigenvalue weighted by molar-refractivity contribution is -0.386. The van der Waals surface area contributed by atoms with E-state index in [-0.39, 0.29) is 6.42 Å². The molecule has 7 heteroatoms. The van der Waals surface area contributed by atoms with E-state index in [9.17, 15) is 23.7 Å². The number of nitro benzene ring substituents is 1. The van der Waals surface area contributed by atoms with Crippen molar-refractivity contribution >= 4 is 12.0 Å². The number of nitro groups is 1. The van der Waals surface area contributed by atoms with Crippen molar-refractivity contribution in [2.45, 2.75) is 19.5 Å². The zero-order valence-corrected chi connectivity index (χ0v) is 8.64. The van der Waals surface area contributed by atoms with Crippen molar-refractivity contribution in [3.8, 4) is 5.75 Å². The first-order valence-corrected chi connectivity index (χ1v) is 4.70. The zero-order valence-electron chi connectivity index (χ0n) is 8.64. The maximum atomic E-state index is 12.0. The first-order valence-electron chi connectivity index (χ1n) is 4.70. The van der Waals surface area contributed by atoms with Crippen LogP contribution in [0.4, 0.5) is 14.5 Å². The molecule has 0 aliphatic rings. The van der Waals surface area contributed by atoms with Crippen LogP contribution in [0.2, 0.25) is 0 Å². The van der Waals surface area contributed by atoms with Crippen molar-refractivity contribution in [3.63, 3.8) is 0 Å². The van der Waals surface area contributed by atoms with Crippen molar-refractivity contribution in [3.05, 3.63) is 33.9 Å². The smallest absolute Gasteiger partial charge is 0.387 e. The number of hydrogen-bond acceptors (Lipinski definition) is 4. The minimum absolute atomic E-state index is 0.214. The molecule has 0 heterocycles.